The number of nitrogens with one attached hydrogen (secondary N) is 1. The predicted octanol–water partition coefficient (Wildman–Crippen LogP) is 2.59. The van der Waals surface area contributed by atoms with E-state index < -0.39 is 0 Å². The molecule has 0 saturated carbocycles. The summed E-state index contributed by atoms with van der Waals surface area (Å²) in [4.78, 5) is 2.01. The van der Waals surface area contributed by atoms with Gasteiger partial charge in [0.05, 0.1) is 5.69 Å². The van der Waals surface area contributed by atoms with Crippen molar-refractivity contribution in [3.8, 4) is 0 Å². The van der Waals surface area contributed by atoms with Crippen LogP contribution in [-0.4, -0.2) is 24.3 Å². The molecule has 0 bridgehead atoms. The van der Waals surface area contributed by atoms with Crippen LogP contribution in [0.5, 0.6) is 0 Å². The van der Waals surface area contributed by atoms with Gasteiger partial charge in [0.25, 0.3) is 0 Å². The Balaban J connectivity index is 2.29. The van der Waals surface area contributed by atoms with Gasteiger partial charge in [-0.3, -0.25) is 0 Å². The maximum atomic E-state index is 4.17. The lowest BCUT2D eigenvalue weighted by Gasteiger charge is -2.18. The number of hydrogen-bond acceptors (Lipinski definition) is 4. The van der Waals surface area contributed by atoms with Crippen molar-refractivity contribution in [3.63, 3.8) is 0 Å². The number of anilines is 3. The van der Waals surface area contributed by atoms with E-state index in [4.69, 9.17) is 0 Å². The van der Waals surface area contributed by atoms with Gasteiger partial charge in [-0.25, -0.2) is 0 Å². The van der Waals surface area contributed by atoms with Crippen LogP contribution in [0.25, 0.3) is 0 Å². The van der Waals surface area contributed by atoms with Gasteiger partial charge in [0.2, 0.25) is 0 Å². The van der Waals surface area contributed by atoms with Crippen molar-refractivity contribution in [3.05, 3.63) is 42.1 Å². The van der Waals surface area contributed by atoms with Crippen LogP contribution in [0.2, 0.25) is 0 Å². The van der Waals surface area contributed by atoms with Gasteiger partial charge in [-0.15, -0.1) is 5.10 Å². The molecule has 0 spiro atoms. The van der Waals surface area contributed by atoms with Crippen molar-refractivity contribution in [2.24, 2.45) is 0 Å². The summed E-state index contributed by atoms with van der Waals surface area (Å²) in [6.07, 6.45) is 0. The zero-order valence-electron chi connectivity index (χ0n) is 10.3. The first kappa shape index (κ1) is 11.4. The van der Waals surface area contributed by atoms with E-state index in [0.29, 0.717) is 0 Å². The summed E-state index contributed by atoms with van der Waals surface area (Å²) in [6.45, 7) is 1.93. The van der Waals surface area contributed by atoms with Crippen LogP contribution in [0.1, 0.15) is 5.69 Å². The van der Waals surface area contributed by atoms with Crippen LogP contribution in [0.4, 0.5) is 17.2 Å². The lowest BCUT2D eigenvalue weighted by Crippen LogP contribution is -2.12. The summed E-state index contributed by atoms with van der Waals surface area (Å²) < 4.78 is 0. The first-order chi connectivity index (χ1) is 8.20. The molecule has 0 fully saturated rings. The fraction of sp³-hybridized carbons (Fsp3) is 0.231. The Bertz CT molecular complexity index is 493. The standard InChI is InChI=1S/C13H16N4/c1-10-7-8-13(16-15-10)17(3)12-6-4-5-11(9-12)14-2/h4-9,14H,1-3H3. The third kappa shape index (κ3) is 2.53. The zero-order chi connectivity index (χ0) is 12.3. The van der Waals surface area contributed by atoms with Gasteiger partial charge in [-0.2, -0.15) is 5.10 Å². The second-order valence-corrected chi connectivity index (χ2v) is 3.89. The summed E-state index contributed by atoms with van der Waals surface area (Å²) in [5, 5.41) is 11.3. The van der Waals surface area contributed by atoms with E-state index in [1.807, 2.05) is 56.3 Å². The average Bonchev–Trinajstić information content (AvgIpc) is 2.39. The van der Waals surface area contributed by atoms with E-state index in [9.17, 15) is 0 Å². The number of nitrogens with zero attached hydrogens (tertiary/aromatic N) is 3. The molecule has 1 aromatic carbocycles. The molecule has 0 aliphatic heterocycles. The third-order valence-corrected chi connectivity index (χ3v) is 2.65. The molecule has 0 saturated heterocycles. The lowest BCUT2D eigenvalue weighted by atomic mass is 10.2. The lowest BCUT2D eigenvalue weighted by molar-refractivity contribution is 0.952. The van der Waals surface area contributed by atoms with E-state index >= 15 is 0 Å². The Kier molecular flexibility index (Phi) is 3.23. The quantitative estimate of drug-likeness (QED) is 0.876. The van der Waals surface area contributed by atoms with Crippen LogP contribution in [-0.2, 0) is 0 Å². The van der Waals surface area contributed by atoms with Crippen molar-refractivity contribution in [1.29, 1.82) is 0 Å². The summed E-state index contributed by atoms with van der Waals surface area (Å²) in [6, 6.07) is 12.1. The highest BCUT2D eigenvalue weighted by Gasteiger charge is 2.05. The Morgan fingerprint density at radius 1 is 1.12 bits per heavy atom. The molecule has 4 heteroatoms. The summed E-state index contributed by atoms with van der Waals surface area (Å²) in [7, 11) is 3.89. The number of hydrogen-bond donors (Lipinski definition) is 1. The van der Waals surface area contributed by atoms with Crippen molar-refractivity contribution in [2.75, 3.05) is 24.3 Å². The van der Waals surface area contributed by atoms with Crippen LogP contribution >= 0.6 is 0 Å². The second kappa shape index (κ2) is 4.82. The topological polar surface area (TPSA) is 41.0 Å². The van der Waals surface area contributed by atoms with Crippen molar-refractivity contribution >= 4 is 17.2 Å². The molecular weight excluding hydrogens is 212 g/mol. The van der Waals surface area contributed by atoms with Gasteiger partial charge in [-0.1, -0.05) is 6.07 Å². The van der Waals surface area contributed by atoms with Crippen molar-refractivity contribution in [2.45, 2.75) is 6.92 Å². The SMILES string of the molecule is CNc1cccc(N(C)c2ccc(C)nn2)c1. The Hall–Kier alpha value is -2.10. The molecule has 0 atom stereocenters. The maximum absolute atomic E-state index is 4.17. The van der Waals surface area contributed by atoms with Gasteiger partial charge < -0.3 is 10.2 Å². The van der Waals surface area contributed by atoms with Crippen LogP contribution < -0.4 is 10.2 Å². The maximum Gasteiger partial charge on any atom is 0.155 e. The monoisotopic (exact) mass is 228 g/mol. The van der Waals surface area contributed by atoms with Crippen LogP contribution in [0, 0.1) is 6.92 Å². The van der Waals surface area contributed by atoms with E-state index in [1.165, 1.54) is 0 Å². The molecule has 0 aliphatic rings. The molecule has 0 unspecified atom stereocenters. The normalized spacial score (nSPS) is 10.1. The summed E-state index contributed by atoms with van der Waals surface area (Å²) in [5.74, 6) is 0.837. The van der Waals surface area contributed by atoms with Gasteiger partial charge >= 0.3 is 0 Å². The van der Waals surface area contributed by atoms with Crippen LogP contribution in [0.15, 0.2) is 36.4 Å². The van der Waals surface area contributed by atoms with E-state index in [0.717, 1.165) is 22.9 Å². The van der Waals surface area contributed by atoms with E-state index in [-0.39, 0.29) is 0 Å². The fourth-order valence-electron chi connectivity index (χ4n) is 1.57. The molecule has 1 N–H and O–H groups in total. The molecule has 88 valence electrons. The molecule has 2 rings (SSSR count). The predicted molar refractivity (Wildman–Crippen MR) is 70.8 cm³/mol. The minimum absolute atomic E-state index is 0.837. The molecule has 0 aliphatic carbocycles. The molecule has 0 radical (unpaired) electrons. The smallest absolute Gasteiger partial charge is 0.155 e. The molecule has 2 aromatic rings. The summed E-state index contributed by atoms with van der Waals surface area (Å²) >= 11 is 0. The first-order valence-electron chi connectivity index (χ1n) is 5.52. The molecule has 1 heterocycles. The minimum Gasteiger partial charge on any atom is -0.388 e. The zero-order valence-corrected chi connectivity index (χ0v) is 10.3. The Morgan fingerprint density at radius 2 is 1.94 bits per heavy atom. The second-order valence-electron chi connectivity index (χ2n) is 3.89. The van der Waals surface area contributed by atoms with Gasteiger partial charge in [-0.05, 0) is 37.3 Å². The number of aryl methyl sites for hydroxylation is 1. The Labute approximate surface area is 101 Å². The minimum atomic E-state index is 0.837. The van der Waals surface area contributed by atoms with Crippen molar-refractivity contribution in [1.82, 2.24) is 10.2 Å². The van der Waals surface area contributed by atoms with E-state index in [2.05, 4.69) is 21.6 Å². The Morgan fingerprint density at radius 3 is 2.59 bits per heavy atom. The average molecular weight is 228 g/mol. The highest BCUT2D eigenvalue weighted by molar-refractivity contribution is 5.64. The highest BCUT2D eigenvalue weighted by atomic mass is 15.2. The largest absolute Gasteiger partial charge is 0.388 e. The van der Waals surface area contributed by atoms with E-state index in [1.54, 1.807) is 0 Å². The van der Waals surface area contributed by atoms with Crippen molar-refractivity contribution < 1.29 is 0 Å². The number of benzene rings is 1. The first-order valence-corrected chi connectivity index (χ1v) is 5.52. The summed E-state index contributed by atoms with van der Waals surface area (Å²) in [5.41, 5.74) is 3.08. The van der Waals surface area contributed by atoms with Gasteiger partial charge in [0.15, 0.2) is 5.82 Å². The third-order valence-electron chi connectivity index (χ3n) is 2.65. The number of rotatable bonds is 3. The highest BCUT2D eigenvalue weighted by Crippen LogP contribution is 2.23. The fourth-order valence-corrected chi connectivity index (χ4v) is 1.57. The molecule has 4 nitrogen and oxygen atoms in total. The van der Waals surface area contributed by atoms with Gasteiger partial charge in [0, 0.05) is 25.5 Å². The molecular formula is C13H16N4. The molecule has 0 amide bonds. The molecule has 1 aromatic heterocycles. The number of aromatic nitrogens is 2. The molecule has 17 heavy (non-hydrogen) atoms. The van der Waals surface area contributed by atoms with Gasteiger partial charge in [0.1, 0.15) is 0 Å². The van der Waals surface area contributed by atoms with Crippen LogP contribution in [0.3, 0.4) is 0 Å².